The van der Waals surface area contributed by atoms with Gasteiger partial charge in [0.2, 0.25) is 0 Å². The van der Waals surface area contributed by atoms with Crippen LogP contribution in [0.25, 0.3) is 77.2 Å². The van der Waals surface area contributed by atoms with Crippen LogP contribution in [0.15, 0.2) is 158 Å². The first kappa shape index (κ1) is 27.4. The summed E-state index contributed by atoms with van der Waals surface area (Å²) in [6.45, 7) is 0. The summed E-state index contributed by atoms with van der Waals surface area (Å²) in [7, 11) is 0. The maximum atomic E-state index is 10.4. The average Bonchev–Trinajstić information content (AvgIpc) is 3.68. The summed E-state index contributed by atoms with van der Waals surface area (Å²) in [6.07, 6.45) is 0. The molecule has 0 fully saturated rings. The van der Waals surface area contributed by atoms with Crippen molar-refractivity contribution in [1.29, 1.82) is 10.5 Å². The molecule has 7 aromatic carbocycles. The number of hydrogen-bond acceptors (Lipinski definition) is 2. The van der Waals surface area contributed by atoms with Gasteiger partial charge in [0.05, 0.1) is 45.0 Å². The van der Waals surface area contributed by atoms with E-state index in [4.69, 9.17) is 0 Å². The highest BCUT2D eigenvalue weighted by Crippen LogP contribution is 2.42. The molecule has 0 bridgehead atoms. The molecule has 0 atom stereocenters. The third kappa shape index (κ3) is 4.01. The Bertz CT molecular complexity index is 2750. The lowest BCUT2D eigenvalue weighted by Gasteiger charge is -2.18. The number of nitriles is 2. The van der Waals surface area contributed by atoms with Crippen LogP contribution in [-0.2, 0) is 0 Å². The predicted octanol–water partition coefficient (Wildman–Crippen LogP) is 11.0. The largest absolute Gasteiger partial charge is 0.309 e. The van der Waals surface area contributed by atoms with E-state index in [0.29, 0.717) is 11.1 Å². The van der Waals surface area contributed by atoms with Crippen LogP contribution in [0.5, 0.6) is 0 Å². The molecule has 0 aliphatic carbocycles. The van der Waals surface area contributed by atoms with E-state index in [0.717, 1.165) is 66.5 Å². The van der Waals surface area contributed by atoms with Gasteiger partial charge < -0.3 is 9.13 Å². The van der Waals surface area contributed by atoms with E-state index in [2.05, 4.69) is 130 Å². The fourth-order valence-corrected chi connectivity index (χ4v) is 7.41. The zero-order valence-corrected chi connectivity index (χ0v) is 25.8. The van der Waals surface area contributed by atoms with Gasteiger partial charge >= 0.3 is 0 Å². The van der Waals surface area contributed by atoms with Crippen LogP contribution >= 0.6 is 0 Å². The lowest BCUT2D eigenvalue weighted by molar-refractivity contribution is 1.18. The Hall–Kier alpha value is -6.88. The quantitative estimate of drug-likeness (QED) is 0.199. The highest BCUT2D eigenvalue weighted by molar-refractivity contribution is 6.12. The monoisotopic (exact) mass is 610 g/mol. The molecule has 2 aromatic heterocycles. The Labute approximate surface area is 277 Å². The number of hydrogen-bond donors (Lipinski definition) is 0. The lowest BCUT2D eigenvalue weighted by Crippen LogP contribution is -2.00. The molecule has 0 unspecified atom stereocenters. The molecule has 0 radical (unpaired) electrons. The van der Waals surface area contributed by atoms with E-state index < -0.39 is 0 Å². The van der Waals surface area contributed by atoms with Gasteiger partial charge in [-0.15, -0.1) is 0 Å². The number of aromatic nitrogens is 2. The normalized spacial score (nSPS) is 11.3. The molecule has 0 amide bonds. The van der Waals surface area contributed by atoms with Crippen LogP contribution in [-0.4, -0.2) is 9.13 Å². The molecule has 0 aliphatic rings. The van der Waals surface area contributed by atoms with Crippen LogP contribution in [0.1, 0.15) is 11.1 Å². The van der Waals surface area contributed by atoms with Crippen molar-refractivity contribution in [3.05, 3.63) is 169 Å². The number of benzene rings is 7. The predicted molar refractivity (Wildman–Crippen MR) is 195 cm³/mol. The summed E-state index contributed by atoms with van der Waals surface area (Å²) in [6, 6.07) is 58.8. The molecule has 0 saturated carbocycles. The Morgan fingerprint density at radius 3 is 1.56 bits per heavy atom. The molecule has 2 heterocycles. The van der Waals surface area contributed by atoms with E-state index >= 15 is 0 Å². The van der Waals surface area contributed by atoms with Crippen LogP contribution in [0, 0.1) is 22.7 Å². The van der Waals surface area contributed by atoms with Gasteiger partial charge in [0.25, 0.3) is 0 Å². The van der Waals surface area contributed by atoms with Crippen molar-refractivity contribution in [3.8, 4) is 45.8 Å². The second-order valence-corrected chi connectivity index (χ2v) is 11.9. The zero-order chi connectivity index (χ0) is 32.2. The van der Waals surface area contributed by atoms with Crippen LogP contribution < -0.4 is 0 Å². The molecule has 0 saturated heterocycles. The molecule has 0 spiro atoms. The minimum atomic E-state index is 0.604. The topological polar surface area (TPSA) is 57.4 Å². The Morgan fingerprint density at radius 2 is 0.896 bits per heavy atom. The van der Waals surface area contributed by atoms with Gasteiger partial charge in [-0.3, -0.25) is 0 Å². The SMILES string of the molecule is N#Cc1cccc(-c2ccccc2-n2c3ccccc3c3cccc(C#N)c32)c1-c1ccc(-n2c3ccccc3c3ccccc32)cc1. The van der Waals surface area contributed by atoms with Crippen LogP contribution in [0.4, 0.5) is 0 Å². The van der Waals surface area contributed by atoms with Crippen molar-refractivity contribution in [3.63, 3.8) is 0 Å². The van der Waals surface area contributed by atoms with E-state index in [9.17, 15) is 10.5 Å². The van der Waals surface area contributed by atoms with Crippen LogP contribution in [0.2, 0.25) is 0 Å². The molecule has 222 valence electrons. The summed E-state index contributed by atoms with van der Waals surface area (Å²) in [5.74, 6) is 0. The maximum Gasteiger partial charge on any atom is 0.101 e. The van der Waals surface area contributed by atoms with Gasteiger partial charge in [0.1, 0.15) is 6.07 Å². The van der Waals surface area contributed by atoms with Gasteiger partial charge in [0, 0.05) is 38.4 Å². The Kier molecular flexibility index (Phi) is 6.22. The molecule has 9 rings (SSSR count). The fourth-order valence-electron chi connectivity index (χ4n) is 7.41. The van der Waals surface area contributed by atoms with E-state index in [-0.39, 0.29) is 0 Å². The van der Waals surface area contributed by atoms with Crippen molar-refractivity contribution in [2.24, 2.45) is 0 Å². The first-order valence-corrected chi connectivity index (χ1v) is 15.9. The molecule has 0 N–H and O–H groups in total. The molecule has 0 aliphatic heterocycles. The summed E-state index contributed by atoms with van der Waals surface area (Å²) in [4.78, 5) is 0. The number of rotatable bonds is 4. The van der Waals surface area contributed by atoms with E-state index in [1.165, 1.54) is 10.8 Å². The highest BCUT2D eigenvalue weighted by atomic mass is 15.0. The second-order valence-electron chi connectivity index (χ2n) is 11.9. The van der Waals surface area contributed by atoms with Crippen molar-refractivity contribution < 1.29 is 0 Å². The lowest BCUT2D eigenvalue weighted by atomic mass is 9.90. The van der Waals surface area contributed by atoms with E-state index in [1.807, 2.05) is 48.5 Å². The minimum Gasteiger partial charge on any atom is -0.309 e. The average molecular weight is 611 g/mol. The summed E-state index contributed by atoms with van der Waals surface area (Å²) >= 11 is 0. The Morgan fingerprint density at radius 1 is 0.396 bits per heavy atom. The van der Waals surface area contributed by atoms with Crippen molar-refractivity contribution in [1.82, 2.24) is 9.13 Å². The fraction of sp³-hybridized carbons (Fsp3) is 0. The molecule has 48 heavy (non-hydrogen) atoms. The van der Waals surface area contributed by atoms with Crippen molar-refractivity contribution in [2.75, 3.05) is 0 Å². The first-order valence-electron chi connectivity index (χ1n) is 15.9. The summed E-state index contributed by atoms with van der Waals surface area (Å²) in [5.41, 5.74) is 11.2. The molecule has 4 heteroatoms. The van der Waals surface area contributed by atoms with Crippen molar-refractivity contribution >= 4 is 43.6 Å². The molecule has 9 aromatic rings. The third-order valence-corrected chi connectivity index (χ3v) is 9.43. The zero-order valence-electron chi connectivity index (χ0n) is 25.8. The number of para-hydroxylation sites is 5. The van der Waals surface area contributed by atoms with Gasteiger partial charge in [0.15, 0.2) is 0 Å². The highest BCUT2D eigenvalue weighted by Gasteiger charge is 2.21. The van der Waals surface area contributed by atoms with Crippen LogP contribution in [0.3, 0.4) is 0 Å². The molecular formula is C44H26N4. The third-order valence-electron chi connectivity index (χ3n) is 9.43. The Balaban J connectivity index is 1.26. The molecule has 4 nitrogen and oxygen atoms in total. The smallest absolute Gasteiger partial charge is 0.101 e. The second kappa shape index (κ2) is 10.9. The van der Waals surface area contributed by atoms with Gasteiger partial charge in [-0.2, -0.15) is 10.5 Å². The molecular weight excluding hydrogens is 585 g/mol. The van der Waals surface area contributed by atoms with E-state index in [1.54, 1.807) is 0 Å². The standard InChI is InChI=1S/C44H26N4/c45-27-30-11-9-17-37(35-15-3-7-21-41(35)48-42-22-8-4-16-36(42)38-18-10-12-31(28-46)44(38)48)43(30)29-23-25-32(26-24-29)47-39-19-5-1-13-33(39)34-14-2-6-20-40(34)47/h1-26H. The first-order chi connectivity index (χ1) is 23.8. The van der Waals surface area contributed by atoms with Gasteiger partial charge in [-0.25, -0.2) is 0 Å². The van der Waals surface area contributed by atoms with Crippen molar-refractivity contribution in [2.45, 2.75) is 0 Å². The summed E-state index contributed by atoms with van der Waals surface area (Å²) < 4.78 is 4.50. The number of fused-ring (bicyclic) bond motifs is 6. The van der Waals surface area contributed by atoms with Gasteiger partial charge in [-0.1, -0.05) is 109 Å². The maximum absolute atomic E-state index is 10.4. The summed E-state index contributed by atoms with van der Waals surface area (Å²) in [5, 5.41) is 25.1. The number of nitrogens with zero attached hydrogens (tertiary/aromatic N) is 4. The minimum absolute atomic E-state index is 0.604. The van der Waals surface area contributed by atoms with Gasteiger partial charge in [-0.05, 0) is 59.7 Å².